The van der Waals surface area contributed by atoms with Gasteiger partial charge in [0.05, 0.1) is 18.2 Å². The molecule has 0 atom stereocenters. The van der Waals surface area contributed by atoms with Crippen molar-refractivity contribution in [1.82, 2.24) is 24.6 Å². The Hall–Kier alpha value is -3.68. The van der Waals surface area contributed by atoms with Gasteiger partial charge in [-0.3, -0.25) is 4.79 Å². The number of aromatic nitrogens is 4. The fraction of sp³-hybridized carbons (Fsp3) is 0.273. The lowest BCUT2D eigenvalue weighted by molar-refractivity contribution is 0.0706. The van der Waals surface area contributed by atoms with Crippen LogP contribution in [0.15, 0.2) is 70.4 Å². The van der Waals surface area contributed by atoms with E-state index in [-0.39, 0.29) is 11.8 Å². The topological polar surface area (TPSA) is 90.2 Å². The lowest BCUT2D eigenvalue weighted by Gasteiger charge is -2.30. The van der Waals surface area contributed by atoms with Crippen LogP contribution in [-0.4, -0.2) is 43.6 Å². The van der Waals surface area contributed by atoms with Crippen LogP contribution < -0.4 is 0 Å². The maximum absolute atomic E-state index is 12.9. The van der Waals surface area contributed by atoms with Crippen LogP contribution in [0.25, 0.3) is 11.5 Å². The number of likely N-dealkylation sites (tertiary alicyclic amines) is 1. The minimum atomic E-state index is 0.0623. The molecule has 8 heteroatoms. The summed E-state index contributed by atoms with van der Waals surface area (Å²) in [5.41, 5.74) is 2.62. The standard InChI is InChI=1S/C22H21N5O3/c28-22(18-3-1-16(2-4-18)13-26-11-8-23-15-26)27-9-5-17(6-10-27)20-24-25-21(30-20)19-7-12-29-14-19/h1-4,7-8,11-12,14-15,17H,5-6,9-10,13H2. The molecule has 30 heavy (non-hydrogen) atoms. The fourth-order valence-corrected chi connectivity index (χ4v) is 3.76. The van der Waals surface area contributed by atoms with Crippen LogP contribution in [0.1, 0.15) is 40.6 Å². The zero-order valence-corrected chi connectivity index (χ0v) is 16.3. The maximum Gasteiger partial charge on any atom is 0.253 e. The molecular formula is C22H21N5O3. The van der Waals surface area contributed by atoms with Crippen molar-refractivity contribution >= 4 is 5.91 Å². The van der Waals surface area contributed by atoms with Crippen LogP contribution in [0.3, 0.4) is 0 Å². The highest BCUT2D eigenvalue weighted by atomic mass is 16.4. The first-order valence-corrected chi connectivity index (χ1v) is 9.96. The molecule has 0 unspecified atom stereocenters. The van der Waals surface area contributed by atoms with E-state index in [1.807, 2.05) is 39.9 Å². The summed E-state index contributed by atoms with van der Waals surface area (Å²) in [7, 11) is 0. The van der Waals surface area contributed by atoms with Gasteiger partial charge in [0.1, 0.15) is 6.26 Å². The van der Waals surface area contributed by atoms with E-state index >= 15 is 0 Å². The molecule has 1 aliphatic heterocycles. The second-order valence-corrected chi connectivity index (χ2v) is 7.46. The van der Waals surface area contributed by atoms with Crippen LogP contribution in [0.5, 0.6) is 0 Å². The molecule has 5 rings (SSSR count). The van der Waals surface area contributed by atoms with Crippen molar-refractivity contribution in [2.75, 3.05) is 13.1 Å². The van der Waals surface area contributed by atoms with Gasteiger partial charge in [-0.2, -0.15) is 0 Å². The van der Waals surface area contributed by atoms with Gasteiger partial charge in [0, 0.05) is 43.5 Å². The van der Waals surface area contributed by atoms with Gasteiger partial charge in [-0.1, -0.05) is 12.1 Å². The number of imidazole rings is 1. The molecule has 0 bridgehead atoms. The van der Waals surface area contributed by atoms with Gasteiger partial charge < -0.3 is 18.3 Å². The van der Waals surface area contributed by atoms with Crippen molar-refractivity contribution in [2.45, 2.75) is 25.3 Å². The quantitative estimate of drug-likeness (QED) is 0.506. The van der Waals surface area contributed by atoms with E-state index in [2.05, 4.69) is 15.2 Å². The van der Waals surface area contributed by atoms with Gasteiger partial charge in [0.25, 0.3) is 11.8 Å². The first-order valence-electron chi connectivity index (χ1n) is 9.96. The van der Waals surface area contributed by atoms with E-state index in [1.54, 1.807) is 31.1 Å². The van der Waals surface area contributed by atoms with Crippen LogP contribution in [0, 0.1) is 0 Å². The Morgan fingerprint density at radius 3 is 2.63 bits per heavy atom. The van der Waals surface area contributed by atoms with E-state index in [0.29, 0.717) is 30.4 Å². The number of hydrogen-bond acceptors (Lipinski definition) is 6. The second kappa shape index (κ2) is 7.98. The predicted octanol–water partition coefficient (Wildman–Crippen LogP) is 3.59. The van der Waals surface area contributed by atoms with Gasteiger partial charge in [0.2, 0.25) is 5.89 Å². The maximum atomic E-state index is 12.9. The van der Waals surface area contributed by atoms with Crippen LogP contribution >= 0.6 is 0 Å². The summed E-state index contributed by atoms with van der Waals surface area (Å²) in [6.45, 7) is 2.08. The summed E-state index contributed by atoms with van der Waals surface area (Å²) in [5, 5.41) is 8.30. The zero-order chi connectivity index (χ0) is 20.3. The Morgan fingerprint density at radius 1 is 1.10 bits per heavy atom. The van der Waals surface area contributed by atoms with Gasteiger partial charge >= 0.3 is 0 Å². The smallest absolute Gasteiger partial charge is 0.253 e. The molecule has 1 fully saturated rings. The Bertz CT molecular complexity index is 1090. The molecule has 0 N–H and O–H groups in total. The van der Waals surface area contributed by atoms with Crippen molar-refractivity contribution in [3.05, 3.63) is 78.6 Å². The van der Waals surface area contributed by atoms with E-state index < -0.39 is 0 Å². The summed E-state index contributed by atoms with van der Waals surface area (Å²) in [6, 6.07) is 9.58. The number of benzene rings is 1. The molecule has 152 valence electrons. The molecule has 1 aliphatic rings. The van der Waals surface area contributed by atoms with Crippen molar-refractivity contribution in [1.29, 1.82) is 0 Å². The summed E-state index contributed by atoms with van der Waals surface area (Å²) in [4.78, 5) is 18.8. The third-order valence-corrected chi connectivity index (χ3v) is 5.47. The van der Waals surface area contributed by atoms with Crippen LogP contribution in [0.4, 0.5) is 0 Å². The number of rotatable bonds is 5. The molecule has 0 spiro atoms. The fourth-order valence-electron chi connectivity index (χ4n) is 3.76. The number of nitrogens with zero attached hydrogens (tertiary/aromatic N) is 5. The second-order valence-electron chi connectivity index (χ2n) is 7.46. The Morgan fingerprint density at radius 2 is 1.93 bits per heavy atom. The monoisotopic (exact) mass is 403 g/mol. The summed E-state index contributed by atoms with van der Waals surface area (Å²) >= 11 is 0. The highest BCUT2D eigenvalue weighted by Crippen LogP contribution is 2.30. The number of furan rings is 1. The van der Waals surface area contributed by atoms with Gasteiger partial charge in [0.15, 0.2) is 0 Å². The minimum Gasteiger partial charge on any atom is -0.472 e. The third-order valence-electron chi connectivity index (χ3n) is 5.47. The van der Waals surface area contributed by atoms with E-state index in [9.17, 15) is 4.79 Å². The van der Waals surface area contributed by atoms with E-state index in [1.165, 1.54) is 0 Å². The molecule has 8 nitrogen and oxygen atoms in total. The number of piperidine rings is 1. The molecule has 1 saturated heterocycles. The minimum absolute atomic E-state index is 0.0623. The van der Waals surface area contributed by atoms with Gasteiger partial charge in [-0.15, -0.1) is 10.2 Å². The number of hydrogen-bond donors (Lipinski definition) is 0. The predicted molar refractivity (Wildman–Crippen MR) is 108 cm³/mol. The molecule has 3 aromatic heterocycles. The highest BCUT2D eigenvalue weighted by molar-refractivity contribution is 5.94. The van der Waals surface area contributed by atoms with Gasteiger partial charge in [-0.05, 0) is 36.6 Å². The van der Waals surface area contributed by atoms with Crippen molar-refractivity contribution in [3.63, 3.8) is 0 Å². The summed E-state index contributed by atoms with van der Waals surface area (Å²) in [5.74, 6) is 1.32. The number of amides is 1. The Balaban J connectivity index is 1.18. The normalized spacial score (nSPS) is 14.9. The van der Waals surface area contributed by atoms with E-state index in [4.69, 9.17) is 8.83 Å². The average Bonchev–Trinajstić information content (AvgIpc) is 3.56. The van der Waals surface area contributed by atoms with Crippen molar-refractivity contribution < 1.29 is 13.6 Å². The van der Waals surface area contributed by atoms with Crippen molar-refractivity contribution in [3.8, 4) is 11.5 Å². The summed E-state index contributed by atoms with van der Waals surface area (Å²) < 4.78 is 12.9. The largest absolute Gasteiger partial charge is 0.472 e. The molecule has 1 aromatic carbocycles. The SMILES string of the molecule is O=C(c1ccc(Cn2ccnc2)cc1)N1CCC(c2nnc(-c3ccoc3)o2)CC1. The Kier molecular flexibility index (Phi) is 4.88. The summed E-state index contributed by atoms with van der Waals surface area (Å²) in [6.07, 6.45) is 10.2. The number of carbonyl (C=O) groups excluding carboxylic acids is 1. The third kappa shape index (κ3) is 3.76. The zero-order valence-electron chi connectivity index (χ0n) is 16.3. The lowest BCUT2D eigenvalue weighted by atomic mass is 9.96. The lowest BCUT2D eigenvalue weighted by Crippen LogP contribution is -2.38. The van der Waals surface area contributed by atoms with Crippen LogP contribution in [0.2, 0.25) is 0 Å². The van der Waals surface area contributed by atoms with E-state index in [0.717, 1.165) is 30.5 Å². The molecule has 0 radical (unpaired) electrons. The van der Waals surface area contributed by atoms with Crippen LogP contribution in [-0.2, 0) is 6.54 Å². The first kappa shape index (κ1) is 18.4. The van der Waals surface area contributed by atoms with Crippen molar-refractivity contribution in [2.24, 2.45) is 0 Å². The Labute approximate surface area is 173 Å². The highest BCUT2D eigenvalue weighted by Gasteiger charge is 2.28. The molecule has 4 heterocycles. The average molecular weight is 403 g/mol. The molecule has 4 aromatic rings. The molecule has 0 saturated carbocycles. The molecular weight excluding hydrogens is 382 g/mol. The first-order chi connectivity index (χ1) is 14.8. The van der Waals surface area contributed by atoms with Gasteiger partial charge in [-0.25, -0.2) is 4.98 Å². The molecule has 0 aliphatic carbocycles. The molecule has 1 amide bonds. The number of carbonyl (C=O) groups is 1.